The minimum Gasteiger partial charge on any atom is -0.394 e. The lowest BCUT2D eigenvalue weighted by atomic mass is 9.96. The van der Waals surface area contributed by atoms with Gasteiger partial charge in [-0.3, -0.25) is 4.79 Å². The van der Waals surface area contributed by atoms with E-state index in [1.54, 1.807) is 12.2 Å². The maximum atomic E-state index is 13.3. The van der Waals surface area contributed by atoms with Crippen LogP contribution in [0.25, 0.3) is 0 Å². The third-order valence-electron chi connectivity index (χ3n) is 15.4. The first-order valence-corrected chi connectivity index (χ1v) is 33.1. The number of amides is 1. The molecule has 3 fully saturated rings. The van der Waals surface area contributed by atoms with Crippen molar-refractivity contribution in [1.29, 1.82) is 0 Å². The van der Waals surface area contributed by atoms with Crippen LogP contribution in [-0.2, 0) is 33.2 Å². The standard InChI is InChI=1S/C71H113NO18/c1-3-5-7-9-11-13-14-15-16-17-18-19-20-21-22-23-24-25-26-27-28-29-30-31-32-33-34-35-36-37-38-39-40-41-43-45-47-49-59(77)72-54(55(76)48-46-44-42-12-10-8-6-4-2)53-85-69-65(83)62(80)67(57(51-74)87-69)90-71-66(84)63(81)68(58(52-75)88-71)89-70-64(82)61(79)60(78)56(50-73)86-70/h5,7,10-13,15-16,18-19,21-22,24-25,27-28,30-31,33-34,36-37,46,48,54-58,60-71,73-76,78-84H,3-4,6,8-9,14,17,20,23,26,29,32,35,38-45,47,49-53H2,1-2H3,(H,72,77)/b7-5-,12-10+,13-11-,16-15-,19-18-,22-21-,25-24-,28-27-,31-30-,34-33-,37-36-,48-46+. The molecule has 0 aromatic rings. The maximum absolute atomic E-state index is 13.3. The first-order chi connectivity index (χ1) is 43.8. The van der Waals surface area contributed by atoms with Gasteiger partial charge in [-0.2, -0.15) is 0 Å². The van der Waals surface area contributed by atoms with E-state index in [1.807, 2.05) is 0 Å². The molecule has 19 heteroatoms. The monoisotopic (exact) mass is 1270 g/mol. The Morgan fingerprint density at radius 3 is 1.24 bits per heavy atom. The van der Waals surface area contributed by atoms with Crippen LogP contribution in [-0.4, -0.2) is 193 Å². The normalized spacial score (nSPS) is 29.0. The number of carbonyl (C=O) groups excluding carboxylic acids is 1. The Morgan fingerprint density at radius 2 is 0.778 bits per heavy atom. The molecular formula is C71H113NO18. The fourth-order valence-corrected chi connectivity index (χ4v) is 9.98. The summed E-state index contributed by atoms with van der Waals surface area (Å²) >= 11 is 0. The Morgan fingerprint density at radius 1 is 0.411 bits per heavy atom. The topological polar surface area (TPSA) is 307 Å². The molecule has 0 saturated carbocycles. The molecule has 1 amide bonds. The molecule has 3 saturated heterocycles. The van der Waals surface area contributed by atoms with Gasteiger partial charge >= 0.3 is 0 Å². The van der Waals surface area contributed by atoms with Crippen molar-refractivity contribution < 1.29 is 89.4 Å². The lowest BCUT2D eigenvalue weighted by molar-refractivity contribution is -0.379. The van der Waals surface area contributed by atoms with Gasteiger partial charge in [0.05, 0.1) is 38.6 Å². The first-order valence-electron chi connectivity index (χ1n) is 33.1. The van der Waals surface area contributed by atoms with E-state index in [4.69, 9.17) is 28.4 Å². The van der Waals surface area contributed by atoms with E-state index >= 15 is 0 Å². The number of carbonyl (C=O) groups is 1. The van der Waals surface area contributed by atoms with Gasteiger partial charge in [-0.15, -0.1) is 0 Å². The van der Waals surface area contributed by atoms with E-state index in [1.165, 1.54) is 0 Å². The van der Waals surface area contributed by atoms with Crippen LogP contribution in [0.3, 0.4) is 0 Å². The molecule has 3 heterocycles. The molecule has 0 aromatic carbocycles. The molecule has 0 aromatic heterocycles. The number of rotatable bonds is 47. The Hall–Kier alpha value is -4.33. The van der Waals surface area contributed by atoms with Crippen LogP contribution in [0.2, 0.25) is 0 Å². The number of aliphatic hydroxyl groups is 11. The van der Waals surface area contributed by atoms with E-state index in [9.17, 15) is 61.0 Å². The Balaban J connectivity index is 1.34. The molecule has 0 spiro atoms. The summed E-state index contributed by atoms with van der Waals surface area (Å²) in [5.41, 5.74) is 0. The number of allylic oxidation sites excluding steroid dienone is 23. The predicted molar refractivity (Wildman–Crippen MR) is 350 cm³/mol. The molecule has 12 N–H and O–H groups in total. The second-order valence-electron chi connectivity index (χ2n) is 22.8. The lowest BCUT2D eigenvalue weighted by Gasteiger charge is -2.48. The van der Waals surface area contributed by atoms with Crippen LogP contribution in [0, 0.1) is 0 Å². The van der Waals surface area contributed by atoms with Crippen molar-refractivity contribution in [2.45, 2.75) is 266 Å². The van der Waals surface area contributed by atoms with E-state index < -0.39 is 124 Å². The number of hydrogen-bond acceptors (Lipinski definition) is 18. The van der Waals surface area contributed by atoms with Gasteiger partial charge in [0.1, 0.15) is 73.2 Å². The maximum Gasteiger partial charge on any atom is 0.220 e. The molecule has 0 radical (unpaired) electrons. The molecule has 3 aliphatic rings. The van der Waals surface area contributed by atoms with Crippen molar-refractivity contribution in [3.05, 3.63) is 146 Å². The Bertz CT molecular complexity index is 2200. The van der Waals surface area contributed by atoms with Crippen molar-refractivity contribution in [2.75, 3.05) is 26.4 Å². The molecule has 0 bridgehead atoms. The quantitative estimate of drug-likeness (QED) is 0.0203. The van der Waals surface area contributed by atoms with E-state index in [0.717, 1.165) is 128 Å². The van der Waals surface area contributed by atoms with Gasteiger partial charge in [0.15, 0.2) is 18.9 Å². The number of ether oxygens (including phenoxy) is 6. The van der Waals surface area contributed by atoms with E-state index in [-0.39, 0.29) is 18.9 Å². The zero-order valence-electron chi connectivity index (χ0n) is 53.5. The number of hydrogen-bond donors (Lipinski definition) is 12. The van der Waals surface area contributed by atoms with Gasteiger partial charge in [0.25, 0.3) is 0 Å². The third kappa shape index (κ3) is 33.0. The minimum atomic E-state index is -1.99. The summed E-state index contributed by atoms with van der Waals surface area (Å²) in [5, 5.41) is 120. The number of unbranched alkanes of at least 4 members (excludes halogenated alkanes) is 9. The van der Waals surface area contributed by atoms with Gasteiger partial charge in [0, 0.05) is 6.42 Å². The van der Waals surface area contributed by atoms with Crippen molar-refractivity contribution in [3.8, 4) is 0 Å². The highest BCUT2D eigenvalue weighted by Crippen LogP contribution is 2.33. The minimum absolute atomic E-state index is 0.207. The summed E-state index contributed by atoms with van der Waals surface area (Å²) in [6, 6.07) is -1.01. The molecule has 90 heavy (non-hydrogen) atoms. The number of aliphatic hydroxyl groups excluding tert-OH is 11. The molecule has 17 atom stereocenters. The van der Waals surface area contributed by atoms with Crippen LogP contribution in [0.15, 0.2) is 146 Å². The Labute approximate surface area is 536 Å². The van der Waals surface area contributed by atoms with Crippen LogP contribution in [0.5, 0.6) is 0 Å². The molecule has 3 rings (SSSR count). The largest absolute Gasteiger partial charge is 0.394 e. The fraction of sp³-hybridized carbons (Fsp3) is 0.648. The first kappa shape index (κ1) is 79.9. The number of nitrogens with one attached hydrogen (secondary N) is 1. The molecule has 17 unspecified atom stereocenters. The summed E-state index contributed by atoms with van der Waals surface area (Å²) in [6.07, 6.45) is 45.9. The van der Waals surface area contributed by atoms with E-state index in [2.05, 4.69) is 153 Å². The average Bonchev–Trinajstić information content (AvgIpc) is 0.847. The second-order valence-corrected chi connectivity index (χ2v) is 22.8. The average molecular weight is 1270 g/mol. The highest BCUT2D eigenvalue weighted by Gasteiger charge is 2.53. The van der Waals surface area contributed by atoms with Gasteiger partial charge in [-0.25, -0.2) is 0 Å². The van der Waals surface area contributed by atoms with Crippen LogP contribution >= 0.6 is 0 Å². The third-order valence-corrected chi connectivity index (χ3v) is 15.4. The second kappa shape index (κ2) is 51.1. The SMILES string of the molecule is CC/C=C\C/C=C\C/C=C\C/C=C\C/C=C\C/C=C\C/C=C\C/C=C\C/C=C\C/C=C\CCCCCCCCC(=O)NC(COC1OC(CO)C(OC2OC(CO)C(OC3OC(CO)C(O)C(O)C3O)C(O)C2O)C(O)C1O)C(O)/C=C/CC/C=C/CCCC. The molecular weight excluding hydrogens is 1150 g/mol. The molecule has 0 aliphatic carbocycles. The van der Waals surface area contributed by atoms with Crippen molar-refractivity contribution >= 4 is 5.91 Å². The molecule has 3 aliphatic heterocycles. The van der Waals surface area contributed by atoms with Gasteiger partial charge < -0.3 is 89.9 Å². The lowest BCUT2D eigenvalue weighted by Crippen LogP contribution is -2.66. The fourth-order valence-electron chi connectivity index (χ4n) is 9.98. The van der Waals surface area contributed by atoms with E-state index in [0.29, 0.717) is 12.8 Å². The summed E-state index contributed by atoms with van der Waals surface area (Å²) in [5.74, 6) is -0.312. The van der Waals surface area contributed by atoms with Crippen molar-refractivity contribution in [3.63, 3.8) is 0 Å². The van der Waals surface area contributed by atoms with Crippen molar-refractivity contribution in [2.24, 2.45) is 0 Å². The summed E-state index contributed by atoms with van der Waals surface area (Å²) in [6.45, 7) is 1.45. The smallest absolute Gasteiger partial charge is 0.220 e. The summed E-state index contributed by atoms with van der Waals surface area (Å²) in [7, 11) is 0. The highest BCUT2D eigenvalue weighted by molar-refractivity contribution is 5.76. The zero-order chi connectivity index (χ0) is 65.4. The highest BCUT2D eigenvalue weighted by atomic mass is 16.8. The van der Waals surface area contributed by atoms with Crippen LogP contribution in [0.1, 0.15) is 162 Å². The van der Waals surface area contributed by atoms with Crippen LogP contribution < -0.4 is 5.32 Å². The molecule has 510 valence electrons. The van der Waals surface area contributed by atoms with Gasteiger partial charge in [0.2, 0.25) is 5.91 Å². The van der Waals surface area contributed by atoms with Gasteiger partial charge in [-0.1, -0.05) is 198 Å². The molecule has 19 nitrogen and oxygen atoms in total. The van der Waals surface area contributed by atoms with Crippen LogP contribution in [0.4, 0.5) is 0 Å². The summed E-state index contributed by atoms with van der Waals surface area (Å²) < 4.78 is 34.1. The predicted octanol–water partition coefficient (Wildman–Crippen LogP) is 7.98. The Kier molecular flexibility index (Phi) is 45.4. The van der Waals surface area contributed by atoms with Crippen molar-refractivity contribution in [1.82, 2.24) is 5.32 Å². The zero-order valence-corrected chi connectivity index (χ0v) is 53.5. The summed E-state index contributed by atoms with van der Waals surface area (Å²) in [4.78, 5) is 13.3. The van der Waals surface area contributed by atoms with Gasteiger partial charge in [-0.05, 0) is 103 Å².